The summed E-state index contributed by atoms with van der Waals surface area (Å²) in [7, 11) is 0. The topological polar surface area (TPSA) is 41.9 Å². The third-order valence-electron chi connectivity index (χ3n) is 5.20. The van der Waals surface area contributed by atoms with Crippen LogP contribution in [0.25, 0.3) is 0 Å². The van der Waals surface area contributed by atoms with Gasteiger partial charge in [-0.3, -0.25) is 0 Å². The summed E-state index contributed by atoms with van der Waals surface area (Å²) in [5, 5.41) is 9.62. The van der Waals surface area contributed by atoms with Gasteiger partial charge in [-0.1, -0.05) is 24.3 Å². The van der Waals surface area contributed by atoms with Crippen LogP contribution in [0, 0.1) is 5.82 Å². The Balaban J connectivity index is 1.82. The predicted octanol–water partition coefficient (Wildman–Crippen LogP) is 7.25. The molecule has 1 unspecified atom stereocenters. The molecule has 39 heavy (non-hydrogen) atoms. The molecular weight excluding hydrogens is 552 g/mol. The normalized spacial score (nSPS) is 13.2. The van der Waals surface area contributed by atoms with E-state index in [4.69, 9.17) is 4.74 Å². The van der Waals surface area contributed by atoms with Crippen LogP contribution in [-0.2, 0) is 19.3 Å². The van der Waals surface area contributed by atoms with Crippen molar-refractivity contribution in [3.05, 3.63) is 89.2 Å². The van der Waals surface area contributed by atoms with E-state index >= 15 is 0 Å². The zero-order chi connectivity index (χ0) is 29.0. The van der Waals surface area contributed by atoms with E-state index in [1.165, 1.54) is 36.4 Å². The summed E-state index contributed by atoms with van der Waals surface area (Å²) in [6.07, 6.45) is -17.8. The van der Waals surface area contributed by atoms with Crippen LogP contribution in [-0.4, -0.2) is 30.3 Å². The Morgan fingerprint density at radius 3 is 2.05 bits per heavy atom. The second kappa shape index (κ2) is 11.6. The Kier molecular flexibility index (Phi) is 8.88. The quantitative estimate of drug-likeness (QED) is 0.275. The van der Waals surface area contributed by atoms with E-state index < -0.39 is 55.0 Å². The fraction of sp³-hybridized carbons (Fsp3) is 0.280. The number of alkyl halides is 9. The molecule has 0 heterocycles. The molecule has 0 radical (unpaired) electrons. The van der Waals surface area contributed by atoms with Crippen molar-refractivity contribution in [2.45, 2.75) is 38.0 Å². The minimum absolute atomic E-state index is 0.0326. The lowest BCUT2D eigenvalue weighted by Crippen LogP contribution is -2.40. The van der Waals surface area contributed by atoms with E-state index in [9.17, 15) is 49.0 Å². The van der Waals surface area contributed by atoms with E-state index in [-0.39, 0.29) is 29.2 Å². The SMILES string of the molecule is OC(CN(Cc1ccc(C(F)(F)F)c(F)c1)c1cccc(OCc2cccc(OC(F)(F)F)c2)c1)C(F)(F)F. The monoisotopic (exact) mass is 571 g/mol. The van der Waals surface area contributed by atoms with Gasteiger partial charge >= 0.3 is 18.7 Å². The van der Waals surface area contributed by atoms with Crippen LogP contribution in [0.1, 0.15) is 16.7 Å². The fourth-order valence-corrected chi connectivity index (χ4v) is 3.45. The summed E-state index contributed by atoms with van der Waals surface area (Å²) < 4.78 is 139. The number of hydrogen-bond donors (Lipinski definition) is 1. The Labute approximate surface area is 215 Å². The molecule has 0 bridgehead atoms. The minimum Gasteiger partial charge on any atom is -0.489 e. The first kappa shape index (κ1) is 29.9. The number of hydrogen-bond acceptors (Lipinski definition) is 4. The van der Waals surface area contributed by atoms with Crippen molar-refractivity contribution in [3.63, 3.8) is 0 Å². The van der Waals surface area contributed by atoms with Gasteiger partial charge in [0.05, 0.1) is 12.1 Å². The molecule has 0 spiro atoms. The van der Waals surface area contributed by atoms with Gasteiger partial charge in [-0.25, -0.2) is 4.39 Å². The van der Waals surface area contributed by atoms with Crippen LogP contribution in [0.15, 0.2) is 66.7 Å². The summed E-state index contributed by atoms with van der Waals surface area (Å²) in [5.41, 5.74) is -1.35. The number of halogens is 10. The number of ether oxygens (including phenoxy) is 2. The van der Waals surface area contributed by atoms with Gasteiger partial charge in [0.1, 0.15) is 23.9 Å². The summed E-state index contributed by atoms with van der Waals surface area (Å²) >= 11 is 0. The second-order valence-electron chi connectivity index (χ2n) is 8.23. The molecule has 0 aliphatic heterocycles. The van der Waals surface area contributed by atoms with Crippen molar-refractivity contribution in [2.24, 2.45) is 0 Å². The van der Waals surface area contributed by atoms with Gasteiger partial charge in [0.25, 0.3) is 0 Å². The Morgan fingerprint density at radius 1 is 0.769 bits per heavy atom. The molecule has 4 nitrogen and oxygen atoms in total. The third kappa shape index (κ3) is 8.94. The van der Waals surface area contributed by atoms with Gasteiger partial charge in [0, 0.05) is 18.3 Å². The van der Waals surface area contributed by atoms with Gasteiger partial charge in [-0.05, 0) is 47.5 Å². The van der Waals surface area contributed by atoms with Crippen LogP contribution in [0.4, 0.5) is 49.6 Å². The van der Waals surface area contributed by atoms with Crippen LogP contribution < -0.4 is 14.4 Å². The van der Waals surface area contributed by atoms with E-state index in [2.05, 4.69) is 4.74 Å². The molecule has 212 valence electrons. The van der Waals surface area contributed by atoms with Gasteiger partial charge in [0.2, 0.25) is 0 Å². The number of aliphatic hydroxyl groups is 1. The molecule has 0 amide bonds. The molecule has 0 fully saturated rings. The number of nitrogens with zero attached hydrogens (tertiary/aromatic N) is 1. The number of aliphatic hydroxyl groups excluding tert-OH is 1. The highest BCUT2D eigenvalue weighted by Crippen LogP contribution is 2.33. The van der Waals surface area contributed by atoms with Gasteiger partial charge in [0.15, 0.2) is 6.10 Å². The molecule has 1 atom stereocenters. The Bertz CT molecular complexity index is 1260. The Hall–Kier alpha value is -3.68. The Morgan fingerprint density at radius 2 is 1.44 bits per heavy atom. The van der Waals surface area contributed by atoms with Crippen molar-refractivity contribution in [3.8, 4) is 11.5 Å². The number of benzene rings is 3. The van der Waals surface area contributed by atoms with E-state index in [1.807, 2.05) is 0 Å². The molecular formula is C25H19F10NO3. The number of anilines is 1. The molecule has 1 N–H and O–H groups in total. The first-order valence-electron chi connectivity index (χ1n) is 10.9. The molecule has 0 aliphatic rings. The van der Waals surface area contributed by atoms with Gasteiger partial charge in [-0.2, -0.15) is 26.3 Å². The maximum Gasteiger partial charge on any atom is 0.573 e. The standard InChI is InChI=1S/C25H19F10NO3/c26-21-10-15(7-8-20(21)23(27,28)29)12-36(13-22(37)24(30,31)32)17-4-2-5-18(11-17)38-14-16-3-1-6-19(9-16)39-25(33,34)35/h1-11,22,37H,12-14H2. The van der Waals surface area contributed by atoms with E-state index in [0.29, 0.717) is 12.1 Å². The zero-order valence-electron chi connectivity index (χ0n) is 19.5. The minimum atomic E-state index is -5.03. The van der Waals surface area contributed by atoms with Crippen molar-refractivity contribution in [1.82, 2.24) is 0 Å². The molecule has 3 rings (SSSR count). The van der Waals surface area contributed by atoms with Crippen molar-refractivity contribution >= 4 is 5.69 Å². The highest BCUT2D eigenvalue weighted by Gasteiger charge is 2.39. The maximum absolute atomic E-state index is 14.0. The zero-order valence-corrected chi connectivity index (χ0v) is 19.5. The van der Waals surface area contributed by atoms with E-state index in [1.54, 1.807) is 0 Å². The molecule has 0 saturated heterocycles. The number of rotatable bonds is 9. The first-order valence-corrected chi connectivity index (χ1v) is 10.9. The predicted molar refractivity (Wildman–Crippen MR) is 118 cm³/mol. The van der Waals surface area contributed by atoms with Gasteiger partial charge in [-0.15, -0.1) is 13.2 Å². The molecule has 0 aromatic heterocycles. The van der Waals surface area contributed by atoms with Crippen LogP contribution in [0.5, 0.6) is 11.5 Å². The maximum atomic E-state index is 14.0. The summed E-state index contributed by atoms with van der Waals surface area (Å²) in [5.74, 6) is -2.04. The largest absolute Gasteiger partial charge is 0.573 e. The summed E-state index contributed by atoms with van der Waals surface area (Å²) in [6, 6.07) is 12.1. The van der Waals surface area contributed by atoms with E-state index in [0.717, 1.165) is 23.1 Å². The highest BCUT2D eigenvalue weighted by molar-refractivity contribution is 5.51. The summed E-state index contributed by atoms with van der Waals surface area (Å²) in [4.78, 5) is 0.963. The molecule has 3 aromatic rings. The van der Waals surface area contributed by atoms with Gasteiger partial charge < -0.3 is 19.5 Å². The molecule has 3 aromatic carbocycles. The lowest BCUT2D eigenvalue weighted by Gasteiger charge is -2.29. The molecule has 0 saturated carbocycles. The average Bonchev–Trinajstić information content (AvgIpc) is 2.80. The van der Waals surface area contributed by atoms with Crippen molar-refractivity contribution in [2.75, 3.05) is 11.4 Å². The highest BCUT2D eigenvalue weighted by atomic mass is 19.4. The third-order valence-corrected chi connectivity index (χ3v) is 5.20. The fourth-order valence-electron chi connectivity index (χ4n) is 3.45. The first-order chi connectivity index (χ1) is 18.0. The lowest BCUT2D eigenvalue weighted by molar-refractivity contribution is -0.274. The summed E-state index contributed by atoms with van der Waals surface area (Å²) in [6.45, 7) is -1.82. The second-order valence-corrected chi connectivity index (χ2v) is 8.23. The van der Waals surface area contributed by atoms with Crippen LogP contribution in [0.3, 0.4) is 0 Å². The van der Waals surface area contributed by atoms with Crippen LogP contribution >= 0.6 is 0 Å². The van der Waals surface area contributed by atoms with Crippen molar-refractivity contribution < 1.29 is 58.5 Å². The van der Waals surface area contributed by atoms with Crippen LogP contribution in [0.2, 0.25) is 0 Å². The molecule has 14 heteroatoms. The van der Waals surface area contributed by atoms with Crippen molar-refractivity contribution in [1.29, 1.82) is 0 Å². The smallest absolute Gasteiger partial charge is 0.489 e. The average molecular weight is 571 g/mol. The lowest BCUT2D eigenvalue weighted by atomic mass is 10.1. The molecule has 0 aliphatic carbocycles.